The molecule has 2 aliphatic rings. The summed E-state index contributed by atoms with van der Waals surface area (Å²) in [6, 6.07) is 6.42. The van der Waals surface area contributed by atoms with Gasteiger partial charge in [0, 0.05) is 71.5 Å². The van der Waals surface area contributed by atoms with Crippen LogP contribution < -0.4 is 20.1 Å². The molecule has 0 aromatic heterocycles. The summed E-state index contributed by atoms with van der Waals surface area (Å²) >= 11 is 0. The van der Waals surface area contributed by atoms with Gasteiger partial charge in [-0.25, -0.2) is 0 Å². The van der Waals surface area contributed by atoms with Gasteiger partial charge >= 0.3 is 0 Å². The summed E-state index contributed by atoms with van der Waals surface area (Å²) in [7, 11) is 5.15. The molecular weight excluding hydrogens is 396 g/mol. The van der Waals surface area contributed by atoms with E-state index in [0.29, 0.717) is 12.6 Å². The average Bonchev–Trinajstić information content (AvgIpc) is 3.24. The minimum Gasteiger partial charge on any atom is -0.497 e. The van der Waals surface area contributed by atoms with Crippen molar-refractivity contribution in [3.63, 3.8) is 0 Å². The Morgan fingerprint density at radius 1 is 1.16 bits per heavy atom. The third kappa shape index (κ3) is 6.72. The standard InChI is InChI=1S/C23H38N4O4/c1-5-24-22(25-17-23(30-4)7-10-31-11-8-23)26-19-6-9-27(16-19)15-18-12-20(28-2)14-21(13-18)29-3/h12-14,19H,5-11,15-17H2,1-4H3,(H2,24,25,26). The Bertz CT molecular complexity index is 699. The van der Waals surface area contributed by atoms with Gasteiger partial charge in [-0.2, -0.15) is 0 Å². The summed E-state index contributed by atoms with van der Waals surface area (Å²) in [6.45, 7) is 7.90. The molecule has 8 nitrogen and oxygen atoms in total. The van der Waals surface area contributed by atoms with Crippen LogP contribution in [0.15, 0.2) is 23.2 Å². The second-order valence-electron chi connectivity index (χ2n) is 8.28. The van der Waals surface area contributed by atoms with Crippen LogP contribution in [0.5, 0.6) is 11.5 Å². The van der Waals surface area contributed by atoms with Gasteiger partial charge in [0.2, 0.25) is 0 Å². The molecule has 1 aromatic carbocycles. The van der Waals surface area contributed by atoms with Crippen LogP contribution in [0.2, 0.25) is 0 Å². The fourth-order valence-electron chi connectivity index (χ4n) is 4.22. The first-order valence-corrected chi connectivity index (χ1v) is 11.2. The Hall–Kier alpha value is -2.03. The fourth-order valence-corrected chi connectivity index (χ4v) is 4.22. The first-order valence-electron chi connectivity index (χ1n) is 11.2. The van der Waals surface area contributed by atoms with Gasteiger partial charge in [0.15, 0.2) is 5.96 Å². The van der Waals surface area contributed by atoms with E-state index < -0.39 is 0 Å². The molecule has 0 aliphatic carbocycles. The molecule has 31 heavy (non-hydrogen) atoms. The number of methoxy groups -OCH3 is 3. The third-order valence-corrected chi connectivity index (χ3v) is 6.14. The van der Waals surface area contributed by atoms with Crippen LogP contribution in [-0.4, -0.2) is 83.2 Å². The summed E-state index contributed by atoms with van der Waals surface area (Å²) in [5, 5.41) is 7.01. The van der Waals surface area contributed by atoms with E-state index in [2.05, 4.69) is 34.6 Å². The molecule has 2 N–H and O–H groups in total. The van der Waals surface area contributed by atoms with Crippen molar-refractivity contribution in [2.45, 2.75) is 44.4 Å². The lowest BCUT2D eigenvalue weighted by atomic mass is 9.94. The van der Waals surface area contributed by atoms with Crippen LogP contribution in [0.3, 0.4) is 0 Å². The molecule has 2 fully saturated rings. The summed E-state index contributed by atoms with van der Waals surface area (Å²) in [5.41, 5.74) is 0.979. The Morgan fingerprint density at radius 2 is 1.87 bits per heavy atom. The number of nitrogens with one attached hydrogen (secondary N) is 2. The fraction of sp³-hybridized carbons (Fsp3) is 0.696. The van der Waals surface area contributed by atoms with Crippen molar-refractivity contribution in [3.8, 4) is 11.5 Å². The lowest BCUT2D eigenvalue weighted by Crippen LogP contribution is -2.47. The SMILES string of the molecule is CCNC(=NCC1(OC)CCOCC1)NC1CCN(Cc2cc(OC)cc(OC)c2)C1. The first kappa shape index (κ1) is 23.6. The van der Waals surface area contributed by atoms with Crippen LogP contribution in [-0.2, 0) is 16.0 Å². The minimum absolute atomic E-state index is 0.215. The highest BCUT2D eigenvalue weighted by Crippen LogP contribution is 2.26. The smallest absolute Gasteiger partial charge is 0.191 e. The van der Waals surface area contributed by atoms with Crippen LogP contribution in [0.1, 0.15) is 31.7 Å². The van der Waals surface area contributed by atoms with E-state index in [1.165, 1.54) is 5.56 Å². The number of likely N-dealkylation sites (tertiary alicyclic amines) is 1. The Kier molecular flexibility index (Phi) is 8.80. The quantitative estimate of drug-likeness (QED) is 0.455. The second-order valence-corrected chi connectivity index (χ2v) is 8.28. The van der Waals surface area contributed by atoms with Gasteiger partial charge in [0.05, 0.1) is 26.4 Å². The van der Waals surface area contributed by atoms with Crippen LogP contribution in [0, 0.1) is 0 Å². The van der Waals surface area contributed by atoms with Gasteiger partial charge in [0.1, 0.15) is 11.5 Å². The number of guanidine groups is 1. The second kappa shape index (κ2) is 11.5. The molecule has 2 aliphatic heterocycles. The van der Waals surface area contributed by atoms with E-state index >= 15 is 0 Å². The van der Waals surface area contributed by atoms with Gasteiger partial charge in [-0.15, -0.1) is 0 Å². The number of nitrogens with zero attached hydrogens (tertiary/aromatic N) is 2. The van der Waals surface area contributed by atoms with Gasteiger partial charge < -0.3 is 29.6 Å². The zero-order chi connectivity index (χ0) is 22.1. The molecule has 0 radical (unpaired) electrons. The Morgan fingerprint density at radius 3 is 2.48 bits per heavy atom. The maximum absolute atomic E-state index is 5.83. The molecule has 0 saturated carbocycles. The number of hydrogen-bond donors (Lipinski definition) is 2. The van der Waals surface area contributed by atoms with Crippen molar-refractivity contribution >= 4 is 5.96 Å². The van der Waals surface area contributed by atoms with Crippen molar-refractivity contribution in [1.29, 1.82) is 0 Å². The normalized spacial score (nSPS) is 21.7. The number of benzene rings is 1. The molecule has 0 spiro atoms. The van der Waals surface area contributed by atoms with Crippen molar-refractivity contribution in [2.75, 3.05) is 60.7 Å². The predicted octanol–water partition coefficient (Wildman–Crippen LogP) is 2.03. The number of ether oxygens (including phenoxy) is 4. The van der Waals surface area contributed by atoms with E-state index in [9.17, 15) is 0 Å². The highest BCUT2D eigenvalue weighted by molar-refractivity contribution is 5.80. The van der Waals surface area contributed by atoms with E-state index in [0.717, 1.165) is 76.1 Å². The molecule has 1 atom stereocenters. The minimum atomic E-state index is -0.215. The molecule has 1 unspecified atom stereocenters. The summed E-state index contributed by atoms with van der Waals surface area (Å²) in [5.74, 6) is 2.51. The topological polar surface area (TPSA) is 76.6 Å². The zero-order valence-electron chi connectivity index (χ0n) is 19.4. The molecule has 174 valence electrons. The maximum Gasteiger partial charge on any atom is 0.191 e. The Labute approximate surface area is 186 Å². The van der Waals surface area contributed by atoms with Crippen molar-refractivity contribution in [2.24, 2.45) is 4.99 Å². The van der Waals surface area contributed by atoms with Crippen molar-refractivity contribution in [1.82, 2.24) is 15.5 Å². The van der Waals surface area contributed by atoms with Crippen molar-refractivity contribution < 1.29 is 18.9 Å². The van der Waals surface area contributed by atoms with Crippen LogP contribution in [0.25, 0.3) is 0 Å². The van der Waals surface area contributed by atoms with Gasteiger partial charge in [-0.05, 0) is 31.0 Å². The van der Waals surface area contributed by atoms with E-state index in [-0.39, 0.29) is 5.60 Å². The van der Waals surface area contributed by atoms with Gasteiger partial charge in [-0.3, -0.25) is 9.89 Å². The van der Waals surface area contributed by atoms with Crippen molar-refractivity contribution in [3.05, 3.63) is 23.8 Å². The first-order chi connectivity index (χ1) is 15.1. The lowest BCUT2D eigenvalue weighted by Gasteiger charge is -2.34. The summed E-state index contributed by atoms with van der Waals surface area (Å²) < 4.78 is 22.1. The molecule has 8 heteroatoms. The highest BCUT2D eigenvalue weighted by Gasteiger charge is 2.32. The summed E-state index contributed by atoms with van der Waals surface area (Å²) in [6.07, 6.45) is 2.84. The number of rotatable bonds is 9. The molecular formula is C23H38N4O4. The van der Waals surface area contributed by atoms with E-state index in [1.807, 2.05) is 6.07 Å². The predicted molar refractivity (Wildman–Crippen MR) is 122 cm³/mol. The monoisotopic (exact) mass is 434 g/mol. The van der Waals surface area contributed by atoms with Gasteiger partial charge in [-0.1, -0.05) is 0 Å². The largest absolute Gasteiger partial charge is 0.497 e. The van der Waals surface area contributed by atoms with E-state index in [1.54, 1.807) is 21.3 Å². The number of aliphatic imine (C=N–C) groups is 1. The third-order valence-electron chi connectivity index (χ3n) is 6.14. The van der Waals surface area contributed by atoms with Crippen LogP contribution >= 0.6 is 0 Å². The van der Waals surface area contributed by atoms with E-state index in [4.69, 9.17) is 23.9 Å². The molecule has 2 heterocycles. The molecule has 0 amide bonds. The maximum atomic E-state index is 5.83. The molecule has 1 aromatic rings. The number of hydrogen-bond acceptors (Lipinski definition) is 6. The molecule has 0 bridgehead atoms. The van der Waals surface area contributed by atoms with Crippen LogP contribution in [0.4, 0.5) is 0 Å². The lowest BCUT2D eigenvalue weighted by molar-refractivity contribution is -0.0828. The van der Waals surface area contributed by atoms with Gasteiger partial charge in [0.25, 0.3) is 0 Å². The Balaban J connectivity index is 1.56. The summed E-state index contributed by atoms with van der Waals surface area (Å²) in [4.78, 5) is 7.31. The average molecular weight is 435 g/mol. The highest BCUT2D eigenvalue weighted by atomic mass is 16.5. The molecule has 2 saturated heterocycles. The molecule has 3 rings (SSSR count). The zero-order valence-corrected chi connectivity index (χ0v) is 19.4.